The summed E-state index contributed by atoms with van der Waals surface area (Å²) in [5.41, 5.74) is 7.29. The van der Waals surface area contributed by atoms with Gasteiger partial charge in [-0.2, -0.15) is 0 Å². The minimum Gasteiger partial charge on any atom is -0.398 e. The Kier molecular flexibility index (Phi) is 4.49. The number of hydrogen-bond acceptors (Lipinski definition) is 4. The Morgan fingerprint density at radius 1 is 1.55 bits per heavy atom. The molecule has 5 N–H and O–H groups in total. The van der Waals surface area contributed by atoms with E-state index in [9.17, 15) is 0 Å². The summed E-state index contributed by atoms with van der Waals surface area (Å²) in [5, 5.41) is 9.88. The summed E-state index contributed by atoms with van der Waals surface area (Å²) >= 11 is 1.13. The van der Waals surface area contributed by atoms with E-state index in [1.807, 2.05) is 6.92 Å². The molecular formula is C7H13N3S. The number of allylic oxidation sites excluding steroid dienone is 1. The first-order valence-electron chi connectivity index (χ1n) is 3.01. The summed E-state index contributed by atoms with van der Waals surface area (Å²) in [5.74, 6) is 0. The normalized spacial score (nSPS) is 10.9. The molecule has 0 radical (unpaired) electrons. The van der Waals surface area contributed by atoms with Crippen molar-refractivity contribution >= 4 is 11.9 Å². The van der Waals surface area contributed by atoms with Gasteiger partial charge in [0.15, 0.2) is 0 Å². The van der Waals surface area contributed by atoms with Gasteiger partial charge in [0.1, 0.15) is 0 Å². The molecule has 0 aliphatic heterocycles. The van der Waals surface area contributed by atoms with Gasteiger partial charge in [-0.05, 0) is 6.92 Å². The van der Waals surface area contributed by atoms with Crippen LogP contribution in [-0.4, -0.2) is 0 Å². The summed E-state index contributed by atoms with van der Waals surface area (Å²) < 4.78 is 0. The minimum atomic E-state index is 0.430. The van der Waals surface area contributed by atoms with Gasteiger partial charge < -0.3 is 11.1 Å². The van der Waals surface area contributed by atoms with Crippen LogP contribution < -0.4 is 16.2 Å². The van der Waals surface area contributed by atoms with Crippen molar-refractivity contribution in [3.8, 4) is 0 Å². The van der Waals surface area contributed by atoms with Gasteiger partial charge >= 0.3 is 0 Å². The Bertz CT molecular complexity index is 196. The maximum Gasteiger partial charge on any atom is 0.0536 e. The third-order valence-electron chi connectivity index (χ3n) is 0.980. The molecule has 0 aromatic carbocycles. The van der Waals surface area contributed by atoms with E-state index in [4.69, 9.17) is 10.9 Å². The van der Waals surface area contributed by atoms with Crippen LogP contribution in [0.5, 0.6) is 0 Å². The van der Waals surface area contributed by atoms with Crippen LogP contribution in [0.1, 0.15) is 6.92 Å². The van der Waals surface area contributed by atoms with E-state index in [0.29, 0.717) is 11.4 Å². The maximum absolute atomic E-state index is 5.36. The largest absolute Gasteiger partial charge is 0.398 e. The molecule has 0 heterocycles. The van der Waals surface area contributed by atoms with Crippen molar-refractivity contribution in [2.24, 2.45) is 10.9 Å². The first kappa shape index (κ1) is 10.1. The molecule has 0 aromatic rings. The van der Waals surface area contributed by atoms with Crippen molar-refractivity contribution in [3.05, 3.63) is 35.7 Å². The van der Waals surface area contributed by atoms with E-state index in [1.165, 1.54) is 0 Å². The van der Waals surface area contributed by atoms with E-state index in [2.05, 4.69) is 18.5 Å². The zero-order valence-electron chi connectivity index (χ0n) is 6.55. The van der Waals surface area contributed by atoms with E-state index in [0.717, 1.165) is 17.6 Å². The van der Waals surface area contributed by atoms with Gasteiger partial charge in [0, 0.05) is 16.8 Å². The molecule has 11 heavy (non-hydrogen) atoms. The summed E-state index contributed by atoms with van der Waals surface area (Å²) in [6.07, 6.45) is 0. The average molecular weight is 171 g/mol. The summed E-state index contributed by atoms with van der Waals surface area (Å²) in [4.78, 5) is 0. The highest BCUT2D eigenvalue weighted by molar-refractivity contribution is 7.99. The minimum absolute atomic E-state index is 0.430. The molecule has 0 aromatic heterocycles. The zero-order chi connectivity index (χ0) is 8.85. The van der Waals surface area contributed by atoms with Crippen LogP contribution in [0.2, 0.25) is 0 Å². The second kappa shape index (κ2) is 4.87. The third-order valence-corrected chi connectivity index (χ3v) is 1.47. The van der Waals surface area contributed by atoms with E-state index < -0.39 is 0 Å². The lowest BCUT2D eigenvalue weighted by atomic mass is 10.4. The molecule has 0 atom stereocenters. The highest BCUT2D eigenvalue weighted by Crippen LogP contribution is 2.00. The maximum atomic E-state index is 5.36. The highest BCUT2D eigenvalue weighted by Gasteiger charge is 1.93. The number of rotatable bonds is 4. The monoisotopic (exact) mass is 171 g/mol. The topological polar surface area (TPSA) is 64.1 Å². The van der Waals surface area contributed by atoms with Crippen LogP contribution in [0.3, 0.4) is 0 Å². The van der Waals surface area contributed by atoms with Crippen LogP contribution in [0, 0.1) is 0 Å². The van der Waals surface area contributed by atoms with Gasteiger partial charge in [0.05, 0.1) is 5.70 Å². The van der Waals surface area contributed by atoms with Gasteiger partial charge in [-0.15, -0.1) is 0 Å². The number of nitrogens with two attached hydrogens (primary N) is 2. The quantitative estimate of drug-likeness (QED) is 0.436. The Hall–Kier alpha value is -0.870. The van der Waals surface area contributed by atoms with Crippen LogP contribution in [0.15, 0.2) is 35.7 Å². The van der Waals surface area contributed by atoms with Gasteiger partial charge in [0.25, 0.3) is 0 Å². The number of hydrogen-bond donors (Lipinski definition) is 3. The molecule has 62 valence electrons. The fourth-order valence-corrected chi connectivity index (χ4v) is 0.713. The van der Waals surface area contributed by atoms with Crippen molar-refractivity contribution < 1.29 is 0 Å². The second-order valence-corrected chi connectivity index (χ2v) is 2.57. The second-order valence-electron chi connectivity index (χ2n) is 2.07. The molecule has 0 aliphatic carbocycles. The summed E-state index contributed by atoms with van der Waals surface area (Å²) in [6.45, 7) is 9.04. The van der Waals surface area contributed by atoms with Crippen molar-refractivity contribution in [3.63, 3.8) is 0 Å². The lowest BCUT2D eigenvalue weighted by molar-refractivity contribution is 0.982. The van der Waals surface area contributed by atoms with Gasteiger partial charge in [0.2, 0.25) is 0 Å². The molecule has 0 bridgehead atoms. The summed E-state index contributed by atoms with van der Waals surface area (Å²) in [7, 11) is 0. The van der Waals surface area contributed by atoms with Crippen molar-refractivity contribution in [2.75, 3.05) is 0 Å². The molecule has 0 spiro atoms. The molecule has 0 unspecified atom stereocenters. The van der Waals surface area contributed by atoms with E-state index >= 15 is 0 Å². The molecule has 0 saturated carbocycles. The Morgan fingerprint density at radius 2 is 2.09 bits per heavy atom. The van der Waals surface area contributed by atoms with E-state index in [-0.39, 0.29) is 0 Å². The van der Waals surface area contributed by atoms with Crippen LogP contribution in [-0.2, 0) is 0 Å². The first-order chi connectivity index (χ1) is 5.07. The number of nitrogens with one attached hydrogen (secondary N) is 1. The Balaban J connectivity index is 3.95. The zero-order valence-corrected chi connectivity index (χ0v) is 7.37. The fraction of sp³-hybridized carbons (Fsp3) is 0.143. The van der Waals surface area contributed by atoms with Crippen molar-refractivity contribution in [1.29, 1.82) is 0 Å². The predicted octanol–water partition coefficient (Wildman–Crippen LogP) is 1.03. The van der Waals surface area contributed by atoms with Gasteiger partial charge in [-0.1, -0.05) is 25.1 Å². The molecule has 0 saturated heterocycles. The lowest BCUT2D eigenvalue weighted by Gasteiger charge is -2.07. The molecule has 4 heteroatoms. The molecule has 0 amide bonds. The third kappa shape index (κ3) is 4.52. The van der Waals surface area contributed by atoms with Crippen molar-refractivity contribution in [1.82, 2.24) is 5.32 Å². The summed E-state index contributed by atoms with van der Waals surface area (Å²) in [6, 6.07) is 0. The highest BCUT2D eigenvalue weighted by atomic mass is 32.2. The molecule has 0 fully saturated rings. The van der Waals surface area contributed by atoms with Crippen LogP contribution in [0.25, 0.3) is 0 Å². The Labute approximate surface area is 71.3 Å². The first-order valence-corrected chi connectivity index (χ1v) is 3.95. The smallest absolute Gasteiger partial charge is 0.0536 e. The SMILES string of the molecule is C=C(N)C(=C)N/C(C)=C\SN. The van der Waals surface area contributed by atoms with Crippen LogP contribution in [0.4, 0.5) is 0 Å². The molecule has 0 rings (SSSR count). The van der Waals surface area contributed by atoms with Crippen LogP contribution >= 0.6 is 11.9 Å². The predicted molar refractivity (Wildman–Crippen MR) is 51.1 cm³/mol. The van der Waals surface area contributed by atoms with Gasteiger partial charge in [-0.25, -0.2) is 0 Å². The Morgan fingerprint density at radius 3 is 2.45 bits per heavy atom. The standard InChI is InChI=1S/C7H13N3S/c1-5(4-11-9)10-7(3)6(2)8/h4,10H,2-3,8-9H2,1H3/b5-4-. The molecular weight excluding hydrogens is 158 g/mol. The van der Waals surface area contributed by atoms with E-state index in [1.54, 1.807) is 5.41 Å². The van der Waals surface area contributed by atoms with Gasteiger partial charge in [-0.3, -0.25) is 5.14 Å². The van der Waals surface area contributed by atoms with Crippen molar-refractivity contribution in [2.45, 2.75) is 6.92 Å². The lowest BCUT2D eigenvalue weighted by Crippen LogP contribution is -2.14. The average Bonchev–Trinajstić information content (AvgIpc) is 1.87. The molecule has 3 nitrogen and oxygen atoms in total. The molecule has 0 aliphatic rings. The fourth-order valence-electron chi connectivity index (χ4n) is 0.450.